The molecule has 0 aromatic heterocycles. The Hall–Kier alpha value is -1.56. The molecule has 0 aliphatic heterocycles. The number of halogens is 1. The van der Waals surface area contributed by atoms with Crippen molar-refractivity contribution in [3.8, 4) is 0 Å². The lowest BCUT2D eigenvalue weighted by molar-refractivity contribution is -0.120. The number of carbonyl (C=O) groups is 2. The molecule has 0 saturated heterocycles. The highest BCUT2D eigenvalue weighted by atomic mass is 32.2. The average Bonchev–Trinajstić information content (AvgIpc) is 2.26. The van der Waals surface area contributed by atoms with E-state index in [2.05, 4.69) is 0 Å². The van der Waals surface area contributed by atoms with E-state index in [9.17, 15) is 14.0 Å². The van der Waals surface area contributed by atoms with Gasteiger partial charge in [-0.3, -0.25) is 10.1 Å². The number of urea groups is 1. The Morgan fingerprint density at radius 3 is 2.44 bits per heavy atom. The summed E-state index contributed by atoms with van der Waals surface area (Å²) in [6, 6.07) is 5.28. The number of primary amides is 1. The van der Waals surface area contributed by atoms with E-state index in [0.29, 0.717) is 4.90 Å². The summed E-state index contributed by atoms with van der Waals surface area (Å²) in [6.45, 7) is 3.64. The Bertz CT molecular complexity index is 451. The highest BCUT2D eigenvalue weighted by molar-refractivity contribution is 8.00. The summed E-state index contributed by atoms with van der Waals surface area (Å²) < 4.78 is 13.5. The third kappa shape index (κ3) is 4.03. The van der Waals surface area contributed by atoms with Crippen molar-refractivity contribution in [3.05, 3.63) is 30.1 Å². The van der Waals surface area contributed by atoms with E-state index in [1.807, 2.05) is 19.2 Å². The lowest BCUT2D eigenvalue weighted by atomic mass is 10.1. The molecular weight excluding hydrogens is 255 g/mol. The molecule has 0 aliphatic rings. The molecule has 1 aromatic carbocycles. The van der Waals surface area contributed by atoms with Crippen molar-refractivity contribution in [2.45, 2.75) is 24.0 Å². The van der Waals surface area contributed by atoms with Crippen LogP contribution in [0.25, 0.3) is 0 Å². The first-order valence-electron chi connectivity index (χ1n) is 5.43. The van der Waals surface area contributed by atoms with Crippen LogP contribution in [0.5, 0.6) is 0 Å². The fraction of sp³-hybridized carbons (Fsp3) is 0.333. The van der Waals surface area contributed by atoms with Gasteiger partial charge in [0.25, 0.3) is 0 Å². The van der Waals surface area contributed by atoms with E-state index in [0.717, 1.165) is 11.8 Å². The molecular formula is C12H15FN2O2S. The molecule has 0 spiro atoms. The van der Waals surface area contributed by atoms with Crippen LogP contribution in [0.2, 0.25) is 0 Å². The van der Waals surface area contributed by atoms with E-state index in [4.69, 9.17) is 5.73 Å². The third-order valence-corrected chi connectivity index (χ3v) is 3.80. The van der Waals surface area contributed by atoms with Gasteiger partial charge in [-0.2, -0.15) is 0 Å². The molecule has 98 valence electrons. The molecule has 1 unspecified atom stereocenters. The van der Waals surface area contributed by atoms with Crippen LogP contribution in [0, 0.1) is 11.7 Å². The summed E-state index contributed by atoms with van der Waals surface area (Å²) in [7, 11) is 0. The van der Waals surface area contributed by atoms with Gasteiger partial charge < -0.3 is 5.73 Å². The van der Waals surface area contributed by atoms with Crippen molar-refractivity contribution in [1.82, 2.24) is 5.32 Å². The van der Waals surface area contributed by atoms with Gasteiger partial charge in [-0.25, -0.2) is 9.18 Å². The second-order valence-corrected chi connectivity index (χ2v) is 5.25. The normalized spacial score (nSPS) is 12.2. The van der Waals surface area contributed by atoms with Crippen LogP contribution in [-0.2, 0) is 4.79 Å². The van der Waals surface area contributed by atoms with Crippen LogP contribution in [0.15, 0.2) is 29.2 Å². The lowest BCUT2D eigenvalue weighted by Gasteiger charge is -2.18. The summed E-state index contributed by atoms with van der Waals surface area (Å²) >= 11 is 1.08. The zero-order valence-corrected chi connectivity index (χ0v) is 11.0. The molecule has 1 rings (SSSR count). The highest BCUT2D eigenvalue weighted by Crippen LogP contribution is 2.30. The van der Waals surface area contributed by atoms with Crippen molar-refractivity contribution >= 4 is 23.7 Å². The number of hydrogen-bond donors (Lipinski definition) is 2. The first-order valence-corrected chi connectivity index (χ1v) is 6.31. The first-order chi connectivity index (χ1) is 8.41. The van der Waals surface area contributed by atoms with Crippen LogP contribution >= 0.6 is 11.8 Å². The van der Waals surface area contributed by atoms with Crippen molar-refractivity contribution in [2.24, 2.45) is 11.7 Å². The standard InChI is InChI=1S/C12H15FN2O2S/c1-7(2)10(11(16)15-12(14)17)18-9-6-4-3-5-8(9)13/h3-7,10H,1-2H3,(H3,14,15,16,17). The van der Waals surface area contributed by atoms with Crippen molar-refractivity contribution in [1.29, 1.82) is 0 Å². The molecule has 0 bridgehead atoms. The molecule has 1 aromatic rings. The Morgan fingerprint density at radius 2 is 1.94 bits per heavy atom. The zero-order valence-electron chi connectivity index (χ0n) is 10.1. The number of nitrogens with two attached hydrogens (primary N) is 1. The third-order valence-electron chi connectivity index (χ3n) is 2.20. The Kier molecular flexibility index (Phi) is 5.15. The Labute approximate surface area is 109 Å². The van der Waals surface area contributed by atoms with Crippen LogP contribution in [-0.4, -0.2) is 17.2 Å². The van der Waals surface area contributed by atoms with E-state index >= 15 is 0 Å². The maximum absolute atomic E-state index is 13.5. The van der Waals surface area contributed by atoms with Crippen LogP contribution < -0.4 is 11.1 Å². The maximum atomic E-state index is 13.5. The topological polar surface area (TPSA) is 72.2 Å². The van der Waals surface area contributed by atoms with Crippen LogP contribution in [0.4, 0.5) is 9.18 Å². The molecule has 0 aliphatic carbocycles. The molecule has 6 heteroatoms. The van der Waals surface area contributed by atoms with Crippen LogP contribution in [0.3, 0.4) is 0 Å². The quantitative estimate of drug-likeness (QED) is 0.823. The second-order valence-electron chi connectivity index (χ2n) is 4.07. The monoisotopic (exact) mass is 270 g/mol. The minimum Gasteiger partial charge on any atom is -0.351 e. The van der Waals surface area contributed by atoms with Gasteiger partial charge in [0.2, 0.25) is 5.91 Å². The van der Waals surface area contributed by atoms with Crippen molar-refractivity contribution < 1.29 is 14.0 Å². The number of carbonyl (C=O) groups excluding carboxylic acids is 2. The van der Waals surface area contributed by atoms with Gasteiger partial charge in [0.1, 0.15) is 5.82 Å². The molecule has 3 amide bonds. The Morgan fingerprint density at radius 1 is 1.33 bits per heavy atom. The molecule has 4 nitrogen and oxygen atoms in total. The fourth-order valence-electron chi connectivity index (χ4n) is 1.36. The molecule has 0 heterocycles. The zero-order chi connectivity index (χ0) is 13.7. The lowest BCUT2D eigenvalue weighted by Crippen LogP contribution is -2.42. The van der Waals surface area contributed by atoms with Gasteiger partial charge in [-0.1, -0.05) is 26.0 Å². The summed E-state index contributed by atoms with van der Waals surface area (Å²) in [4.78, 5) is 22.8. The van der Waals surface area contributed by atoms with Crippen molar-refractivity contribution in [2.75, 3.05) is 0 Å². The predicted octanol–water partition coefficient (Wildman–Crippen LogP) is 2.14. The minimum absolute atomic E-state index is 0.0612. The van der Waals surface area contributed by atoms with Gasteiger partial charge in [-0.05, 0) is 18.1 Å². The second kappa shape index (κ2) is 6.39. The summed E-state index contributed by atoms with van der Waals surface area (Å²) in [5.41, 5.74) is 4.90. The van der Waals surface area contributed by atoms with Crippen molar-refractivity contribution in [3.63, 3.8) is 0 Å². The molecule has 18 heavy (non-hydrogen) atoms. The van der Waals surface area contributed by atoms with Crippen LogP contribution in [0.1, 0.15) is 13.8 Å². The van der Waals surface area contributed by atoms with Gasteiger partial charge in [-0.15, -0.1) is 11.8 Å². The van der Waals surface area contributed by atoms with Gasteiger partial charge in [0.15, 0.2) is 0 Å². The maximum Gasteiger partial charge on any atom is 0.318 e. The molecule has 0 radical (unpaired) electrons. The molecule has 0 saturated carbocycles. The number of imide groups is 1. The van der Waals surface area contributed by atoms with Gasteiger partial charge >= 0.3 is 6.03 Å². The number of amides is 3. The van der Waals surface area contributed by atoms with E-state index < -0.39 is 17.2 Å². The van der Waals surface area contributed by atoms with Gasteiger partial charge in [0, 0.05) is 4.90 Å². The number of benzene rings is 1. The highest BCUT2D eigenvalue weighted by Gasteiger charge is 2.25. The van der Waals surface area contributed by atoms with E-state index in [1.165, 1.54) is 6.07 Å². The first kappa shape index (κ1) is 14.5. The van der Waals surface area contributed by atoms with E-state index in [-0.39, 0.29) is 11.7 Å². The summed E-state index contributed by atoms with van der Waals surface area (Å²) in [5, 5.41) is 1.45. The number of thioether (sulfide) groups is 1. The van der Waals surface area contributed by atoms with E-state index in [1.54, 1.807) is 18.2 Å². The molecule has 1 atom stereocenters. The predicted molar refractivity (Wildman–Crippen MR) is 68.6 cm³/mol. The van der Waals surface area contributed by atoms with Gasteiger partial charge in [0.05, 0.1) is 5.25 Å². The number of hydrogen-bond acceptors (Lipinski definition) is 3. The smallest absolute Gasteiger partial charge is 0.318 e. The average molecular weight is 270 g/mol. The number of rotatable bonds is 4. The summed E-state index contributed by atoms with van der Waals surface area (Å²) in [5.74, 6) is -0.959. The molecule has 3 N–H and O–H groups in total. The number of nitrogens with one attached hydrogen (secondary N) is 1. The molecule has 0 fully saturated rings. The summed E-state index contributed by atoms with van der Waals surface area (Å²) in [6.07, 6.45) is 0. The fourth-order valence-corrected chi connectivity index (χ4v) is 2.41. The Balaban J connectivity index is 2.84. The largest absolute Gasteiger partial charge is 0.351 e. The SMILES string of the molecule is CC(C)C(Sc1ccccc1F)C(=O)NC(N)=O. The minimum atomic E-state index is -0.903.